The van der Waals surface area contributed by atoms with E-state index in [0.29, 0.717) is 0 Å². The van der Waals surface area contributed by atoms with Crippen molar-refractivity contribution in [3.63, 3.8) is 0 Å². The van der Waals surface area contributed by atoms with E-state index < -0.39 is 5.97 Å². The summed E-state index contributed by atoms with van der Waals surface area (Å²) in [6, 6.07) is 1.68. The lowest BCUT2D eigenvalue weighted by Crippen LogP contribution is -2.25. The molecule has 1 aromatic heterocycles. The Hall–Kier alpha value is -1.58. The molecule has 0 aliphatic rings. The van der Waals surface area contributed by atoms with E-state index in [2.05, 4.69) is 23.7 Å². The molecule has 0 spiro atoms. The minimum Gasteiger partial charge on any atom is -0.478 e. The minimum atomic E-state index is -0.928. The van der Waals surface area contributed by atoms with E-state index >= 15 is 0 Å². The van der Waals surface area contributed by atoms with Gasteiger partial charge in [0.25, 0.3) is 0 Å². The predicted octanol–water partition coefficient (Wildman–Crippen LogP) is 2.41. The van der Waals surface area contributed by atoms with Crippen molar-refractivity contribution in [2.75, 3.05) is 18.0 Å². The Morgan fingerprint density at radius 3 is 2.44 bits per heavy atom. The first kappa shape index (κ1) is 12.5. The molecule has 0 unspecified atom stereocenters. The highest BCUT2D eigenvalue weighted by atomic mass is 16.4. The first-order chi connectivity index (χ1) is 7.69. The number of hydrogen-bond donors (Lipinski definition) is 1. The van der Waals surface area contributed by atoms with Crippen molar-refractivity contribution < 1.29 is 9.90 Å². The fourth-order valence-corrected chi connectivity index (χ4v) is 1.63. The number of nitrogens with zero attached hydrogens (tertiary/aromatic N) is 2. The van der Waals surface area contributed by atoms with Crippen LogP contribution in [0.15, 0.2) is 18.5 Å². The number of anilines is 1. The Kier molecular flexibility index (Phi) is 4.76. The van der Waals surface area contributed by atoms with E-state index in [1.165, 1.54) is 6.20 Å². The van der Waals surface area contributed by atoms with Crippen LogP contribution in [0.3, 0.4) is 0 Å². The van der Waals surface area contributed by atoms with Gasteiger partial charge in [-0.25, -0.2) is 4.79 Å². The van der Waals surface area contributed by atoms with Gasteiger partial charge in [-0.1, -0.05) is 13.8 Å². The van der Waals surface area contributed by atoms with Gasteiger partial charge < -0.3 is 10.0 Å². The zero-order valence-corrected chi connectivity index (χ0v) is 9.81. The lowest BCUT2D eigenvalue weighted by molar-refractivity contribution is 0.0696. The van der Waals surface area contributed by atoms with E-state index in [9.17, 15) is 4.79 Å². The summed E-state index contributed by atoms with van der Waals surface area (Å²) in [5.74, 6) is -0.928. The van der Waals surface area contributed by atoms with Crippen LogP contribution in [-0.2, 0) is 0 Å². The highest BCUT2D eigenvalue weighted by Gasteiger charge is 2.08. The Bertz CT molecular complexity index is 347. The maximum Gasteiger partial charge on any atom is 0.337 e. The molecule has 0 aliphatic carbocycles. The predicted molar refractivity (Wildman–Crippen MR) is 64.0 cm³/mol. The summed E-state index contributed by atoms with van der Waals surface area (Å²) in [5, 5.41) is 8.89. The van der Waals surface area contributed by atoms with Crippen LogP contribution in [0.2, 0.25) is 0 Å². The molecule has 0 bridgehead atoms. The molecule has 16 heavy (non-hydrogen) atoms. The summed E-state index contributed by atoms with van der Waals surface area (Å²) in [5.41, 5.74) is 1.14. The second-order valence-electron chi connectivity index (χ2n) is 3.72. The molecule has 1 N–H and O–H groups in total. The van der Waals surface area contributed by atoms with Gasteiger partial charge in [-0.3, -0.25) is 4.98 Å². The van der Waals surface area contributed by atoms with E-state index in [1.54, 1.807) is 12.3 Å². The lowest BCUT2D eigenvalue weighted by Gasteiger charge is -2.23. The molecule has 1 heterocycles. The third kappa shape index (κ3) is 3.22. The van der Waals surface area contributed by atoms with Crippen molar-refractivity contribution in [3.05, 3.63) is 24.0 Å². The highest BCUT2D eigenvalue weighted by Crippen LogP contribution is 2.15. The normalized spacial score (nSPS) is 10.1. The first-order valence-corrected chi connectivity index (χ1v) is 5.62. The summed E-state index contributed by atoms with van der Waals surface area (Å²) >= 11 is 0. The minimum absolute atomic E-state index is 0.245. The third-order valence-electron chi connectivity index (χ3n) is 2.32. The van der Waals surface area contributed by atoms with Gasteiger partial charge in [-0.05, 0) is 18.9 Å². The van der Waals surface area contributed by atoms with Crippen LogP contribution < -0.4 is 4.90 Å². The average Bonchev–Trinajstić information content (AvgIpc) is 2.29. The van der Waals surface area contributed by atoms with Crippen molar-refractivity contribution in [1.82, 2.24) is 4.98 Å². The van der Waals surface area contributed by atoms with Crippen molar-refractivity contribution >= 4 is 11.7 Å². The smallest absolute Gasteiger partial charge is 0.337 e. The van der Waals surface area contributed by atoms with Crippen molar-refractivity contribution in [2.45, 2.75) is 26.7 Å². The van der Waals surface area contributed by atoms with Gasteiger partial charge in [-0.2, -0.15) is 0 Å². The molecule has 0 atom stereocenters. The van der Waals surface area contributed by atoms with Gasteiger partial charge in [0.1, 0.15) is 0 Å². The summed E-state index contributed by atoms with van der Waals surface area (Å²) < 4.78 is 0. The van der Waals surface area contributed by atoms with E-state index in [0.717, 1.165) is 31.6 Å². The fourth-order valence-electron chi connectivity index (χ4n) is 1.63. The molecule has 4 heteroatoms. The van der Waals surface area contributed by atoms with E-state index in [1.807, 2.05) is 0 Å². The second kappa shape index (κ2) is 6.10. The molecule has 0 saturated heterocycles. The first-order valence-electron chi connectivity index (χ1n) is 5.62. The molecular formula is C12H18N2O2. The highest BCUT2D eigenvalue weighted by molar-refractivity contribution is 5.88. The number of rotatable bonds is 6. The molecule has 0 amide bonds. The second-order valence-corrected chi connectivity index (χ2v) is 3.72. The average molecular weight is 222 g/mol. The van der Waals surface area contributed by atoms with E-state index in [-0.39, 0.29) is 5.56 Å². The largest absolute Gasteiger partial charge is 0.478 e. The van der Waals surface area contributed by atoms with E-state index in [4.69, 9.17) is 5.11 Å². The van der Waals surface area contributed by atoms with Crippen LogP contribution in [0.1, 0.15) is 37.0 Å². The molecule has 0 fully saturated rings. The molecule has 0 radical (unpaired) electrons. The van der Waals surface area contributed by atoms with Crippen molar-refractivity contribution in [2.24, 2.45) is 0 Å². The lowest BCUT2D eigenvalue weighted by atomic mass is 10.2. The summed E-state index contributed by atoms with van der Waals surface area (Å²) in [6.45, 7) is 6.07. The summed E-state index contributed by atoms with van der Waals surface area (Å²) in [6.07, 6.45) is 5.17. The molecular weight excluding hydrogens is 204 g/mol. The Labute approximate surface area is 95.9 Å². The van der Waals surface area contributed by atoms with Crippen LogP contribution in [0, 0.1) is 0 Å². The van der Waals surface area contributed by atoms with Gasteiger partial charge in [0, 0.05) is 19.3 Å². The van der Waals surface area contributed by atoms with Gasteiger partial charge in [0.2, 0.25) is 0 Å². The standard InChI is InChI=1S/C12H18N2O2/c1-3-5-14(6-4-2)11-7-10(12(15)16)8-13-9-11/h7-9H,3-6H2,1-2H3,(H,15,16). The number of aromatic nitrogens is 1. The molecule has 0 aliphatic heterocycles. The molecule has 1 aromatic rings. The zero-order chi connectivity index (χ0) is 12.0. The van der Waals surface area contributed by atoms with Gasteiger partial charge in [-0.15, -0.1) is 0 Å². The topological polar surface area (TPSA) is 53.4 Å². The van der Waals surface area contributed by atoms with Gasteiger partial charge >= 0.3 is 5.97 Å². The molecule has 88 valence electrons. The number of hydrogen-bond acceptors (Lipinski definition) is 3. The molecule has 0 aromatic carbocycles. The van der Waals surface area contributed by atoms with Gasteiger partial charge in [0.05, 0.1) is 17.4 Å². The number of carboxylic acid groups (broad SMARTS) is 1. The van der Waals surface area contributed by atoms with Gasteiger partial charge in [0.15, 0.2) is 0 Å². The summed E-state index contributed by atoms with van der Waals surface area (Å²) in [7, 11) is 0. The Balaban J connectivity index is 2.90. The Morgan fingerprint density at radius 1 is 1.31 bits per heavy atom. The zero-order valence-electron chi connectivity index (χ0n) is 9.81. The number of carboxylic acids is 1. The number of pyridine rings is 1. The Morgan fingerprint density at radius 2 is 1.94 bits per heavy atom. The molecule has 1 rings (SSSR count). The molecule has 4 nitrogen and oxygen atoms in total. The maximum atomic E-state index is 10.8. The number of aromatic carboxylic acids is 1. The maximum absolute atomic E-state index is 10.8. The third-order valence-corrected chi connectivity index (χ3v) is 2.32. The fraction of sp³-hybridized carbons (Fsp3) is 0.500. The SMILES string of the molecule is CCCN(CCC)c1cncc(C(=O)O)c1. The van der Waals surface area contributed by atoms with Crippen LogP contribution in [-0.4, -0.2) is 29.1 Å². The quantitative estimate of drug-likeness (QED) is 0.803. The number of carbonyl (C=O) groups is 1. The summed E-state index contributed by atoms with van der Waals surface area (Å²) in [4.78, 5) is 17.0. The van der Waals surface area contributed by atoms with Crippen LogP contribution >= 0.6 is 0 Å². The monoisotopic (exact) mass is 222 g/mol. The van der Waals surface area contributed by atoms with Crippen LogP contribution in [0.25, 0.3) is 0 Å². The van der Waals surface area contributed by atoms with Crippen molar-refractivity contribution in [1.29, 1.82) is 0 Å². The molecule has 0 saturated carbocycles. The van der Waals surface area contributed by atoms with Crippen LogP contribution in [0.4, 0.5) is 5.69 Å². The van der Waals surface area contributed by atoms with Crippen molar-refractivity contribution in [3.8, 4) is 0 Å². The van der Waals surface area contributed by atoms with Crippen LogP contribution in [0.5, 0.6) is 0 Å².